The van der Waals surface area contributed by atoms with Crippen molar-refractivity contribution >= 4 is 23.1 Å². The maximum absolute atomic E-state index is 12.5. The van der Waals surface area contributed by atoms with E-state index < -0.39 is 0 Å². The molecule has 30 heavy (non-hydrogen) atoms. The molecule has 1 aromatic heterocycles. The first kappa shape index (κ1) is 20.6. The lowest BCUT2D eigenvalue weighted by atomic mass is 10.2. The number of ether oxygens (including phenoxy) is 2. The van der Waals surface area contributed by atoms with Crippen molar-refractivity contribution in [2.75, 3.05) is 75.9 Å². The number of hydrogen-bond acceptors (Lipinski definition) is 7. The van der Waals surface area contributed by atoms with Gasteiger partial charge in [0.05, 0.1) is 26.4 Å². The SMILES string of the molecule is O=C(NCCN1CCOCC1)c1cccc(Nc2ccc(N3CCOCC3)cc2)n1. The average molecular weight is 412 g/mol. The van der Waals surface area contributed by atoms with Crippen molar-refractivity contribution in [1.82, 2.24) is 15.2 Å². The van der Waals surface area contributed by atoms with Gasteiger partial charge in [-0.3, -0.25) is 9.69 Å². The maximum Gasteiger partial charge on any atom is 0.270 e. The van der Waals surface area contributed by atoms with Crippen molar-refractivity contribution in [3.8, 4) is 0 Å². The number of hydrogen-bond donors (Lipinski definition) is 2. The molecule has 0 bridgehead atoms. The lowest BCUT2D eigenvalue weighted by Gasteiger charge is -2.28. The van der Waals surface area contributed by atoms with Gasteiger partial charge in [-0.25, -0.2) is 4.98 Å². The van der Waals surface area contributed by atoms with Crippen LogP contribution in [-0.2, 0) is 9.47 Å². The van der Waals surface area contributed by atoms with Gasteiger partial charge in [0, 0.05) is 50.6 Å². The van der Waals surface area contributed by atoms with Gasteiger partial charge in [0.2, 0.25) is 0 Å². The zero-order chi connectivity index (χ0) is 20.6. The molecule has 2 saturated heterocycles. The summed E-state index contributed by atoms with van der Waals surface area (Å²) in [5, 5.41) is 6.23. The van der Waals surface area contributed by atoms with Crippen LogP contribution in [0, 0.1) is 0 Å². The van der Waals surface area contributed by atoms with E-state index in [2.05, 4.69) is 37.6 Å². The van der Waals surface area contributed by atoms with E-state index in [4.69, 9.17) is 9.47 Å². The zero-order valence-corrected chi connectivity index (χ0v) is 17.2. The molecule has 160 valence electrons. The Balaban J connectivity index is 1.29. The number of nitrogens with zero attached hydrogens (tertiary/aromatic N) is 3. The van der Waals surface area contributed by atoms with Gasteiger partial charge in [0.1, 0.15) is 11.5 Å². The molecule has 0 unspecified atom stereocenters. The van der Waals surface area contributed by atoms with Gasteiger partial charge in [-0.2, -0.15) is 0 Å². The van der Waals surface area contributed by atoms with E-state index in [1.54, 1.807) is 6.07 Å². The second-order valence-electron chi connectivity index (χ2n) is 7.39. The fourth-order valence-corrected chi connectivity index (χ4v) is 3.60. The van der Waals surface area contributed by atoms with Crippen LogP contribution in [0.25, 0.3) is 0 Å². The van der Waals surface area contributed by atoms with Crippen molar-refractivity contribution in [2.24, 2.45) is 0 Å². The minimum Gasteiger partial charge on any atom is -0.379 e. The molecule has 2 N–H and O–H groups in total. The first-order valence-electron chi connectivity index (χ1n) is 10.5. The Morgan fingerprint density at radius 1 is 0.933 bits per heavy atom. The van der Waals surface area contributed by atoms with E-state index in [1.165, 1.54) is 5.69 Å². The van der Waals surface area contributed by atoms with Gasteiger partial charge in [-0.1, -0.05) is 6.07 Å². The molecule has 2 aromatic rings. The first-order valence-corrected chi connectivity index (χ1v) is 10.5. The fourth-order valence-electron chi connectivity index (χ4n) is 3.60. The Hall–Kier alpha value is -2.68. The third kappa shape index (κ3) is 5.69. The van der Waals surface area contributed by atoms with Gasteiger partial charge in [0.25, 0.3) is 5.91 Å². The van der Waals surface area contributed by atoms with Crippen LogP contribution in [0.15, 0.2) is 42.5 Å². The Morgan fingerprint density at radius 2 is 1.63 bits per heavy atom. The molecule has 0 spiro atoms. The normalized spacial score (nSPS) is 17.5. The number of anilines is 3. The van der Waals surface area contributed by atoms with Gasteiger partial charge in [-0.15, -0.1) is 0 Å². The van der Waals surface area contributed by atoms with E-state index in [0.717, 1.165) is 64.8 Å². The number of rotatable bonds is 7. The molecule has 0 saturated carbocycles. The quantitative estimate of drug-likeness (QED) is 0.718. The molecular weight excluding hydrogens is 382 g/mol. The number of nitrogens with one attached hydrogen (secondary N) is 2. The van der Waals surface area contributed by atoms with Crippen LogP contribution in [0.3, 0.4) is 0 Å². The highest BCUT2D eigenvalue weighted by atomic mass is 16.5. The van der Waals surface area contributed by atoms with Gasteiger partial charge in [0.15, 0.2) is 0 Å². The van der Waals surface area contributed by atoms with Crippen LogP contribution >= 0.6 is 0 Å². The summed E-state index contributed by atoms with van der Waals surface area (Å²) in [7, 11) is 0. The standard InChI is InChI=1S/C22H29N5O3/c28-22(23-8-9-26-10-14-29-15-11-26)20-2-1-3-21(25-20)24-18-4-6-19(7-5-18)27-12-16-30-17-13-27/h1-7H,8-17H2,(H,23,28)(H,24,25). The van der Waals surface area contributed by atoms with Crippen molar-refractivity contribution < 1.29 is 14.3 Å². The van der Waals surface area contributed by atoms with Crippen molar-refractivity contribution in [3.05, 3.63) is 48.2 Å². The molecular formula is C22H29N5O3. The second-order valence-corrected chi connectivity index (χ2v) is 7.39. The number of aromatic nitrogens is 1. The number of benzene rings is 1. The summed E-state index contributed by atoms with van der Waals surface area (Å²) in [5.74, 6) is 0.490. The molecule has 0 atom stereocenters. The molecule has 8 nitrogen and oxygen atoms in total. The zero-order valence-electron chi connectivity index (χ0n) is 17.2. The molecule has 2 fully saturated rings. The van der Waals surface area contributed by atoms with Crippen LogP contribution in [0.2, 0.25) is 0 Å². The monoisotopic (exact) mass is 411 g/mol. The third-order valence-electron chi connectivity index (χ3n) is 5.31. The van der Waals surface area contributed by atoms with Crippen molar-refractivity contribution in [3.63, 3.8) is 0 Å². The highest BCUT2D eigenvalue weighted by molar-refractivity contribution is 5.92. The molecule has 2 aliphatic heterocycles. The number of morpholine rings is 2. The summed E-state index contributed by atoms with van der Waals surface area (Å²) >= 11 is 0. The Labute approximate surface area is 177 Å². The van der Waals surface area contributed by atoms with Crippen LogP contribution < -0.4 is 15.5 Å². The molecule has 1 amide bonds. The van der Waals surface area contributed by atoms with E-state index in [0.29, 0.717) is 18.1 Å². The molecule has 8 heteroatoms. The van der Waals surface area contributed by atoms with Gasteiger partial charge < -0.3 is 25.0 Å². The molecule has 0 radical (unpaired) electrons. The molecule has 2 aliphatic rings. The number of pyridine rings is 1. The smallest absolute Gasteiger partial charge is 0.270 e. The van der Waals surface area contributed by atoms with Crippen LogP contribution in [-0.4, -0.2) is 81.5 Å². The summed E-state index contributed by atoms with van der Waals surface area (Å²) in [6.07, 6.45) is 0. The first-order chi connectivity index (χ1) is 14.8. The van der Waals surface area contributed by atoms with E-state index in [1.807, 2.05) is 24.3 Å². The number of carbonyl (C=O) groups is 1. The Kier molecular flexibility index (Phi) is 7.12. The fraction of sp³-hybridized carbons (Fsp3) is 0.455. The predicted molar refractivity (Wildman–Crippen MR) is 117 cm³/mol. The summed E-state index contributed by atoms with van der Waals surface area (Å²) in [4.78, 5) is 21.5. The van der Waals surface area contributed by atoms with Crippen molar-refractivity contribution in [2.45, 2.75) is 0 Å². The maximum atomic E-state index is 12.5. The highest BCUT2D eigenvalue weighted by Gasteiger charge is 2.13. The lowest BCUT2D eigenvalue weighted by Crippen LogP contribution is -2.41. The van der Waals surface area contributed by atoms with E-state index >= 15 is 0 Å². The minimum atomic E-state index is -0.158. The predicted octanol–water partition coefficient (Wildman–Crippen LogP) is 1.72. The van der Waals surface area contributed by atoms with E-state index in [-0.39, 0.29) is 5.91 Å². The molecule has 4 rings (SSSR count). The third-order valence-corrected chi connectivity index (χ3v) is 5.31. The molecule has 1 aromatic carbocycles. The largest absolute Gasteiger partial charge is 0.379 e. The van der Waals surface area contributed by atoms with Gasteiger partial charge >= 0.3 is 0 Å². The second kappa shape index (κ2) is 10.4. The van der Waals surface area contributed by atoms with Crippen molar-refractivity contribution in [1.29, 1.82) is 0 Å². The van der Waals surface area contributed by atoms with Crippen LogP contribution in [0.4, 0.5) is 17.2 Å². The van der Waals surface area contributed by atoms with E-state index in [9.17, 15) is 4.79 Å². The summed E-state index contributed by atoms with van der Waals surface area (Å²) < 4.78 is 10.7. The Morgan fingerprint density at radius 3 is 2.37 bits per heavy atom. The summed E-state index contributed by atoms with van der Waals surface area (Å²) in [6.45, 7) is 8.14. The highest BCUT2D eigenvalue weighted by Crippen LogP contribution is 2.21. The number of carbonyl (C=O) groups excluding carboxylic acids is 1. The molecule has 0 aliphatic carbocycles. The topological polar surface area (TPSA) is 79.0 Å². The lowest BCUT2D eigenvalue weighted by molar-refractivity contribution is 0.0383. The number of amides is 1. The van der Waals surface area contributed by atoms with Crippen LogP contribution in [0.1, 0.15) is 10.5 Å². The van der Waals surface area contributed by atoms with Gasteiger partial charge in [-0.05, 0) is 36.4 Å². The summed E-state index contributed by atoms with van der Waals surface area (Å²) in [6, 6.07) is 13.7. The average Bonchev–Trinajstić information content (AvgIpc) is 2.81. The Bertz CT molecular complexity index is 818. The summed E-state index contributed by atoms with van der Waals surface area (Å²) in [5.41, 5.74) is 2.53. The van der Waals surface area contributed by atoms with Crippen LogP contribution in [0.5, 0.6) is 0 Å². The minimum absolute atomic E-state index is 0.158. The molecule has 3 heterocycles.